The molecule has 0 bridgehead atoms. The van der Waals surface area contributed by atoms with Crippen LogP contribution in [0.3, 0.4) is 0 Å². The van der Waals surface area contributed by atoms with E-state index in [2.05, 4.69) is 13.8 Å². The fraction of sp³-hybridized carbons (Fsp3) is 0.529. The van der Waals surface area contributed by atoms with E-state index in [4.69, 9.17) is 16.3 Å². The molecule has 0 aliphatic rings. The normalized spacial score (nSPS) is 13.8. The van der Waals surface area contributed by atoms with Crippen molar-refractivity contribution >= 4 is 41.7 Å². The molecular weight excluding hydrogens is 587 g/mol. The number of rotatable bonds is 15. The van der Waals surface area contributed by atoms with Gasteiger partial charge in [-0.1, -0.05) is 75.4 Å². The van der Waals surface area contributed by atoms with Crippen LogP contribution in [0, 0.1) is 53.4 Å². The van der Waals surface area contributed by atoms with E-state index in [1.807, 2.05) is 20.8 Å². The molecule has 0 spiro atoms. The van der Waals surface area contributed by atoms with Crippen LogP contribution in [0.2, 0.25) is 0 Å². The van der Waals surface area contributed by atoms with Crippen LogP contribution in [-0.4, -0.2) is 45.7 Å². The fourth-order valence-electron chi connectivity index (χ4n) is 5.76. The van der Waals surface area contributed by atoms with Gasteiger partial charge in [-0.3, -0.25) is 19.2 Å². The van der Waals surface area contributed by atoms with Gasteiger partial charge in [0.25, 0.3) is 0 Å². The van der Waals surface area contributed by atoms with E-state index < -0.39 is 41.2 Å². The molecule has 43 heavy (non-hydrogen) atoms. The number of benzene rings is 2. The highest BCUT2D eigenvalue weighted by atomic mass is 35.5. The number of aryl methyl sites for hydroxylation is 6. The minimum atomic E-state index is -5.12. The van der Waals surface area contributed by atoms with Crippen LogP contribution in [0.25, 0.3) is 0 Å². The van der Waals surface area contributed by atoms with Crippen molar-refractivity contribution in [2.75, 3.05) is 6.61 Å². The number of halogens is 1. The Morgan fingerprint density at radius 3 is 1.56 bits per heavy atom. The third-order valence-electron chi connectivity index (χ3n) is 7.86. The zero-order valence-corrected chi connectivity index (χ0v) is 28.5. The summed E-state index contributed by atoms with van der Waals surface area (Å²) in [6.45, 7) is 16.5. The maximum Gasteiger partial charge on any atom is 0.323 e. The van der Waals surface area contributed by atoms with Crippen LogP contribution in [-0.2, 0) is 18.9 Å². The number of hydrogen-bond acceptors (Lipinski definition) is 6. The van der Waals surface area contributed by atoms with Gasteiger partial charge in [0.15, 0.2) is 11.0 Å². The number of ether oxygens (including phenoxy) is 1. The Bertz CT molecular complexity index is 1310. The van der Waals surface area contributed by atoms with Gasteiger partial charge < -0.3 is 14.4 Å². The first-order valence-corrected chi connectivity index (χ1v) is 17.0. The fourth-order valence-corrected chi connectivity index (χ4v) is 9.27. The standard InChI is InChI=1S/C34H46ClO7P/c1-19(2)11-10-12-20(3)13-14-42-32(38)30(29(35)31(36)37)43(41,33(39)27-23(6)15-21(4)16-24(27)7)34(40)28-25(8)17-22(5)18-26(28)9/h15-20,29-30H,10-14H2,1-9H3,(H,36,37). The quantitative estimate of drug-likeness (QED) is 0.119. The molecule has 0 saturated heterocycles. The van der Waals surface area contributed by atoms with Crippen molar-refractivity contribution in [3.8, 4) is 0 Å². The molecule has 0 radical (unpaired) electrons. The topological polar surface area (TPSA) is 115 Å². The lowest BCUT2D eigenvalue weighted by Gasteiger charge is -2.28. The molecule has 0 heterocycles. The average molecular weight is 633 g/mol. The summed E-state index contributed by atoms with van der Waals surface area (Å²) in [5, 5.41) is 7.79. The second kappa shape index (κ2) is 15.3. The first kappa shape index (κ1) is 36.4. The summed E-state index contributed by atoms with van der Waals surface area (Å²) >= 11 is 6.30. The summed E-state index contributed by atoms with van der Waals surface area (Å²) < 4.78 is 20.7. The summed E-state index contributed by atoms with van der Waals surface area (Å²) in [4.78, 5) is 54.7. The lowest BCUT2D eigenvalue weighted by Crippen LogP contribution is -2.41. The molecule has 2 rings (SSSR count). The van der Waals surface area contributed by atoms with Crippen LogP contribution in [0.1, 0.15) is 101 Å². The Balaban J connectivity index is 2.68. The number of carboxylic acid groups (broad SMARTS) is 1. The molecule has 0 aliphatic heterocycles. The maximum absolute atomic E-state index is 15.2. The third-order valence-corrected chi connectivity index (χ3v) is 11.4. The molecule has 3 unspecified atom stereocenters. The van der Waals surface area contributed by atoms with Crippen LogP contribution in [0.15, 0.2) is 24.3 Å². The molecule has 0 aliphatic carbocycles. The van der Waals surface area contributed by atoms with Gasteiger partial charge in [-0.2, -0.15) is 0 Å². The number of hydrogen-bond donors (Lipinski definition) is 1. The Kier molecular flexibility index (Phi) is 13.0. The lowest BCUT2D eigenvalue weighted by molar-refractivity contribution is -0.147. The molecule has 0 aromatic heterocycles. The minimum Gasteiger partial charge on any atom is -0.480 e. The maximum atomic E-state index is 15.2. The monoisotopic (exact) mass is 632 g/mol. The molecule has 9 heteroatoms. The van der Waals surface area contributed by atoms with Crippen molar-refractivity contribution < 1.29 is 33.6 Å². The molecule has 7 nitrogen and oxygen atoms in total. The van der Waals surface area contributed by atoms with E-state index in [1.54, 1.807) is 52.0 Å². The van der Waals surface area contributed by atoms with Gasteiger partial charge in [0.1, 0.15) is 0 Å². The number of carbonyl (C=O) groups excluding carboxylic acids is 3. The summed E-state index contributed by atoms with van der Waals surface area (Å²) in [5.74, 6) is -2.12. The Morgan fingerprint density at radius 2 is 1.19 bits per heavy atom. The smallest absolute Gasteiger partial charge is 0.323 e. The minimum absolute atomic E-state index is 0.00975. The van der Waals surface area contributed by atoms with Crippen molar-refractivity contribution in [3.63, 3.8) is 0 Å². The number of alkyl halides is 1. The largest absolute Gasteiger partial charge is 0.480 e. The first-order valence-electron chi connectivity index (χ1n) is 14.8. The summed E-state index contributed by atoms with van der Waals surface area (Å²) in [7, 11) is -5.12. The predicted octanol–water partition coefficient (Wildman–Crippen LogP) is 8.34. The SMILES string of the molecule is Cc1cc(C)c(C(=O)P(=O)(C(=O)c2c(C)cc(C)cc2C)C(C(=O)OCCC(C)CCCC(C)C)C(Cl)C(=O)O)c(C)c1. The first-order chi connectivity index (χ1) is 19.9. The van der Waals surface area contributed by atoms with Crippen LogP contribution in [0.4, 0.5) is 0 Å². The van der Waals surface area contributed by atoms with Crippen molar-refractivity contribution in [1.82, 2.24) is 0 Å². The van der Waals surface area contributed by atoms with Crippen molar-refractivity contribution in [2.45, 2.75) is 99.0 Å². The van der Waals surface area contributed by atoms with Crippen LogP contribution < -0.4 is 0 Å². The molecule has 2 aromatic rings. The van der Waals surface area contributed by atoms with Crippen LogP contribution >= 0.6 is 18.7 Å². The van der Waals surface area contributed by atoms with E-state index in [1.165, 1.54) is 0 Å². The van der Waals surface area contributed by atoms with Gasteiger partial charge in [0.05, 0.1) is 6.61 Å². The molecule has 1 N–H and O–H groups in total. The summed E-state index contributed by atoms with van der Waals surface area (Å²) in [5.41, 5.74) is -0.879. The molecular formula is C34H46ClO7P. The second-order valence-corrected chi connectivity index (χ2v) is 15.5. The molecule has 0 saturated carbocycles. The molecule has 0 amide bonds. The highest BCUT2D eigenvalue weighted by Crippen LogP contribution is 2.59. The summed E-state index contributed by atoms with van der Waals surface area (Å²) in [6, 6.07) is 6.84. The summed E-state index contributed by atoms with van der Waals surface area (Å²) in [6.07, 6.45) is 3.48. The van der Waals surface area contributed by atoms with Gasteiger partial charge in [-0.25, -0.2) is 0 Å². The Labute approximate surface area is 261 Å². The van der Waals surface area contributed by atoms with Gasteiger partial charge in [-0.15, -0.1) is 11.6 Å². The predicted molar refractivity (Wildman–Crippen MR) is 172 cm³/mol. The van der Waals surface area contributed by atoms with Crippen LogP contribution in [0.5, 0.6) is 0 Å². The van der Waals surface area contributed by atoms with E-state index >= 15 is 4.57 Å². The van der Waals surface area contributed by atoms with E-state index in [0.717, 1.165) is 30.4 Å². The number of esters is 1. The van der Waals surface area contributed by atoms with Gasteiger partial charge in [0, 0.05) is 11.1 Å². The van der Waals surface area contributed by atoms with Gasteiger partial charge in [0.2, 0.25) is 18.2 Å². The highest BCUT2D eigenvalue weighted by molar-refractivity contribution is 7.96. The van der Waals surface area contributed by atoms with E-state index in [9.17, 15) is 24.3 Å². The number of carboxylic acids is 1. The van der Waals surface area contributed by atoms with Crippen molar-refractivity contribution in [1.29, 1.82) is 0 Å². The average Bonchev–Trinajstić information content (AvgIpc) is 2.86. The van der Waals surface area contributed by atoms with E-state index in [-0.39, 0.29) is 23.7 Å². The molecule has 3 atom stereocenters. The zero-order valence-electron chi connectivity index (χ0n) is 26.9. The number of carbonyl (C=O) groups is 4. The molecule has 0 fully saturated rings. The Morgan fingerprint density at radius 1 is 0.767 bits per heavy atom. The lowest BCUT2D eigenvalue weighted by atomic mass is 9.98. The number of aliphatic carboxylic acids is 1. The second-order valence-electron chi connectivity index (χ2n) is 12.4. The van der Waals surface area contributed by atoms with Gasteiger partial charge in [-0.05, 0) is 82.1 Å². The zero-order chi connectivity index (χ0) is 32.8. The van der Waals surface area contributed by atoms with Crippen molar-refractivity contribution in [2.24, 2.45) is 11.8 Å². The molecule has 236 valence electrons. The highest BCUT2D eigenvalue weighted by Gasteiger charge is 2.57. The van der Waals surface area contributed by atoms with Crippen molar-refractivity contribution in [3.05, 3.63) is 68.8 Å². The third kappa shape index (κ3) is 8.67. The van der Waals surface area contributed by atoms with E-state index in [0.29, 0.717) is 34.6 Å². The Hall–Kier alpha value is -2.76. The molecule has 2 aromatic carbocycles. The van der Waals surface area contributed by atoms with Gasteiger partial charge >= 0.3 is 11.9 Å².